The molecule has 1 aromatic carbocycles. The van der Waals surface area contributed by atoms with Crippen LogP contribution in [0.2, 0.25) is 0 Å². The summed E-state index contributed by atoms with van der Waals surface area (Å²) in [5.41, 5.74) is 1.61. The molecule has 5 atom stereocenters. The van der Waals surface area contributed by atoms with Crippen LogP contribution in [0.3, 0.4) is 0 Å². The quantitative estimate of drug-likeness (QED) is 0.401. The Kier molecular flexibility index (Phi) is 6.08. The Morgan fingerprint density at radius 3 is 2.68 bits per heavy atom. The number of nitrogens with one attached hydrogen (secondary N) is 2. The first-order chi connectivity index (χ1) is 14.7. The van der Waals surface area contributed by atoms with Gasteiger partial charge in [0.25, 0.3) is 0 Å². The van der Waals surface area contributed by atoms with E-state index in [2.05, 4.69) is 24.8 Å². The summed E-state index contributed by atoms with van der Waals surface area (Å²) in [6.45, 7) is -0.330. The van der Waals surface area contributed by atoms with Crippen LogP contribution in [-0.4, -0.2) is 53.5 Å². The molecule has 0 amide bonds. The van der Waals surface area contributed by atoms with Crippen molar-refractivity contribution in [3.05, 3.63) is 47.5 Å². The van der Waals surface area contributed by atoms with Crippen LogP contribution in [-0.2, 0) is 20.9 Å². The molecule has 6 N–H and O–H groups in total. The number of halogens is 1. The van der Waals surface area contributed by atoms with Gasteiger partial charge in [-0.3, -0.25) is 4.18 Å². The van der Waals surface area contributed by atoms with Crippen molar-refractivity contribution in [2.24, 2.45) is 11.1 Å². The predicted octanol–water partition coefficient (Wildman–Crippen LogP) is 0.457. The average Bonchev–Trinajstić information content (AvgIpc) is 3.24. The molecule has 2 aliphatic carbocycles. The van der Waals surface area contributed by atoms with Crippen molar-refractivity contribution < 1.29 is 27.2 Å². The van der Waals surface area contributed by atoms with Crippen LogP contribution < -0.4 is 15.8 Å². The lowest BCUT2D eigenvalue weighted by molar-refractivity contribution is 0.00778. The van der Waals surface area contributed by atoms with Crippen LogP contribution in [0.5, 0.6) is 0 Å². The SMILES string of the molecule is NS(=O)(=O)OC[C@H]1C[C@@H](Nc2cc(N[C@H]3CCc4c(F)cccc43)ncn2)[C@H](O)[C@@H]1O. The minimum Gasteiger partial charge on any atom is -0.390 e. The molecular weight excluding hydrogens is 429 g/mol. The average molecular weight is 453 g/mol. The maximum atomic E-state index is 14.0. The van der Waals surface area contributed by atoms with Crippen molar-refractivity contribution in [3.8, 4) is 0 Å². The van der Waals surface area contributed by atoms with E-state index < -0.39 is 34.5 Å². The molecule has 31 heavy (non-hydrogen) atoms. The Balaban J connectivity index is 1.41. The lowest BCUT2D eigenvalue weighted by Gasteiger charge is -2.19. The van der Waals surface area contributed by atoms with Gasteiger partial charge in [-0.25, -0.2) is 19.5 Å². The van der Waals surface area contributed by atoms with Gasteiger partial charge in [0, 0.05) is 12.0 Å². The summed E-state index contributed by atoms with van der Waals surface area (Å²) in [4.78, 5) is 8.35. The fraction of sp³-hybridized carbons (Fsp3) is 0.474. The van der Waals surface area contributed by atoms with Crippen LogP contribution in [0.1, 0.15) is 30.0 Å². The van der Waals surface area contributed by atoms with Gasteiger partial charge in [-0.15, -0.1) is 0 Å². The van der Waals surface area contributed by atoms with Crippen molar-refractivity contribution in [2.45, 2.75) is 43.6 Å². The highest BCUT2D eigenvalue weighted by atomic mass is 32.2. The molecule has 168 valence electrons. The largest absolute Gasteiger partial charge is 0.390 e. The van der Waals surface area contributed by atoms with E-state index in [1.165, 1.54) is 12.4 Å². The molecule has 0 unspecified atom stereocenters. The van der Waals surface area contributed by atoms with E-state index in [1.807, 2.05) is 6.07 Å². The second-order valence-electron chi connectivity index (χ2n) is 7.84. The summed E-state index contributed by atoms with van der Waals surface area (Å²) >= 11 is 0. The molecule has 1 aromatic heterocycles. The third-order valence-electron chi connectivity index (χ3n) is 5.78. The Morgan fingerprint density at radius 2 is 1.94 bits per heavy atom. The van der Waals surface area contributed by atoms with Crippen LogP contribution in [0.4, 0.5) is 16.0 Å². The number of aromatic nitrogens is 2. The third kappa shape index (κ3) is 4.93. The zero-order chi connectivity index (χ0) is 22.2. The van der Waals surface area contributed by atoms with Gasteiger partial charge in [0.1, 0.15) is 29.9 Å². The zero-order valence-electron chi connectivity index (χ0n) is 16.5. The number of aliphatic hydroxyl groups is 2. The van der Waals surface area contributed by atoms with E-state index in [0.29, 0.717) is 23.6 Å². The lowest BCUT2D eigenvalue weighted by atomic mass is 10.1. The number of anilines is 2. The monoisotopic (exact) mass is 453 g/mol. The second kappa shape index (κ2) is 8.63. The molecule has 0 aliphatic heterocycles. The van der Waals surface area contributed by atoms with Crippen LogP contribution in [0, 0.1) is 11.7 Å². The zero-order valence-corrected chi connectivity index (χ0v) is 17.3. The molecule has 0 spiro atoms. The fourth-order valence-electron chi connectivity index (χ4n) is 4.26. The number of rotatable bonds is 7. The molecule has 0 saturated heterocycles. The first-order valence-corrected chi connectivity index (χ1v) is 11.3. The van der Waals surface area contributed by atoms with Crippen LogP contribution in [0.15, 0.2) is 30.6 Å². The summed E-state index contributed by atoms with van der Waals surface area (Å²) < 4.78 is 40.5. The first kappa shape index (κ1) is 21.8. The standard InChI is InChI=1S/C19H24FN5O5S/c20-13-3-1-2-12-11(13)4-5-14(12)24-16-7-17(23-9-22-16)25-15-6-10(18(26)19(15)27)8-30-31(21,28)29/h1-3,7,9-10,14-15,18-19,26-27H,4-6,8H2,(H2,21,28,29)(H2,22,23,24,25)/t10-,14+,15-,18-,19+/m1/s1. The third-order valence-corrected chi connectivity index (χ3v) is 6.25. The Hall–Kier alpha value is -2.38. The molecule has 1 saturated carbocycles. The van der Waals surface area contributed by atoms with E-state index in [-0.39, 0.29) is 24.9 Å². The topological polar surface area (TPSA) is 160 Å². The van der Waals surface area contributed by atoms with E-state index in [1.54, 1.807) is 12.1 Å². The normalized spacial score (nSPS) is 27.8. The molecule has 12 heteroatoms. The molecule has 0 radical (unpaired) electrons. The maximum Gasteiger partial charge on any atom is 0.333 e. The van der Waals surface area contributed by atoms with E-state index >= 15 is 0 Å². The van der Waals surface area contributed by atoms with Crippen molar-refractivity contribution in [1.82, 2.24) is 9.97 Å². The molecule has 4 rings (SSSR count). The van der Waals surface area contributed by atoms with Crippen molar-refractivity contribution in [2.75, 3.05) is 17.2 Å². The summed E-state index contributed by atoms with van der Waals surface area (Å²) in [5.74, 6) is 0.123. The summed E-state index contributed by atoms with van der Waals surface area (Å²) in [7, 11) is -4.14. The van der Waals surface area contributed by atoms with Crippen LogP contribution >= 0.6 is 0 Å². The first-order valence-electron chi connectivity index (χ1n) is 9.87. The minimum atomic E-state index is -4.14. The smallest absolute Gasteiger partial charge is 0.333 e. The highest BCUT2D eigenvalue weighted by Crippen LogP contribution is 2.35. The van der Waals surface area contributed by atoms with Gasteiger partial charge in [-0.1, -0.05) is 12.1 Å². The number of nitrogens with zero attached hydrogens (tertiary/aromatic N) is 2. The molecule has 1 heterocycles. The van der Waals surface area contributed by atoms with E-state index in [0.717, 1.165) is 12.0 Å². The predicted molar refractivity (Wildman–Crippen MR) is 110 cm³/mol. The number of nitrogens with two attached hydrogens (primary N) is 1. The minimum absolute atomic E-state index is 0.0768. The van der Waals surface area contributed by atoms with Gasteiger partial charge in [0.05, 0.1) is 24.8 Å². The van der Waals surface area contributed by atoms with Gasteiger partial charge in [0.2, 0.25) is 0 Å². The number of hydrogen-bond donors (Lipinski definition) is 5. The molecule has 2 aliphatic rings. The van der Waals surface area contributed by atoms with Gasteiger partial charge in [-0.05, 0) is 36.5 Å². The number of benzene rings is 1. The highest BCUT2D eigenvalue weighted by Gasteiger charge is 2.42. The van der Waals surface area contributed by atoms with Gasteiger partial charge in [0.15, 0.2) is 0 Å². The van der Waals surface area contributed by atoms with Gasteiger partial charge < -0.3 is 20.8 Å². The van der Waals surface area contributed by atoms with E-state index in [4.69, 9.17) is 5.14 Å². The van der Waals surface area contributed by atoms with Gasteiger partial charge in [-0.2, -0.15) is 8.42 Å². The van der Waals surface area contributed by atoms with Gasteiger partial charge >= 0.3 is 10.3 Å². The summed E-state index contributed by atoms with van der Waals surface area (Å²) in [6, 6.07) is 6.04. The number of aliphatic hydroxyl groups excluding tert-OH is 2. The molecule has 1 fully saturated rings. The fourth-order valence-corrected chi connectivity index (χ4v) is 4.62. The molecule has 0 bridgehead atoms. The summed E-state index contributed by atoms with van der Waals surface area (Å²) in [6.07, 6.45) is 0.659. The number of hydrogen-bond acceptors (Lipinski definition) is 9. The van der Waals surface area contributed by atoms with Crippen molar-refractivity contribution in [3.63, 3.8) is 0 Å². The van der Waals surface area contributed by atoms with Crippen LogP contribution in [0.25, 0.3) is 0 Å². The highest BCUT2D eigenvalue weighted by molar-refractivity contribution is 7.84. The van der Waals surface area contributed by atoms with Crippen molar-refractivity contribution >= 4 is 21.9 Å². The Labute approximate surface area is 178 Å². The lowest BCUT2D eigenvalue weighted by Crippen LogP contribution is -2.36. The van der Waals surface area contributed by atoms with E-state index in [9.17, 15) is 23.0 Å². The molecule has 2 aromatic rings. The Bertz CT molecular complexity index is 1060. The maximum absolute atomic E-state index is 14.0. The summed E-state index contributed by atoms with van der Waals surface area (Å²) in [5, 5.41) is 31.6. The Morgan fingerprint density at radius 1 is 1.19 bits per heavy atom. The molecule has 10 nitrogen and oxygen atoms in total. The van der Waals surface area contributed by atoms with Crippen molar-refractivity contribution in [1.29, 1.82) is 0 Å². The second-order valence-corrected chi connectivity index (χ2v) is 9.06. The molecular formula is C19H24FN5O5S. The number of fused-ring (bicyclic) bond motifs is 1.